The van der Waals surface area contributed by atoms with Gasteiger partial charge in [-0.25, -0.2) is 0 Å². The summed E-state index contributed by atoms with van der Waals surface area (Å²) in [6.07, 6.45) is 4.68. The largest absolute Gasteiger partial charge is 0.481 e. The fraction of sp³-hybridized carbons (Fsp3) is 0.381. The van der Waals surface area contributed by atoms with E-state index in [0.29, 0.717) is 12.2 Å². The van der Waals surface area contributed by atoms with Crippen LogP contribution in [0.1, 0.15) is 23.4 Å². The number of aliphatic carboxylic acids is 1. The normalized spacial score (nSPS) is 25.2. The average molecular weight is 444 g/mol. The highest BCUT2D eigenvalue weighted by Crippen LogP contribution is 2.48. The first-order valence-electron chi connectivity index (χ1n) is 9.35. The molecular formula is C21H22BrN3O3. The number of rotatable bonds is 5. The second kappa shape index (κ2) is 7.20. The number of hydrogen-bond acceptors (Lipinski definition) is 3. The van der Waals surface area contributed by atoms with Gasteiger partial charge in [-0.05, 0) is 49.8 Å². The van der Waals surface area contributed by atoms with E-state index in [4.69, 9.17) is 0 Å². The molecule has 4 unspecified atom stereocenters. The third-order valence-corrected chi connectivity index (χ3v) is 6.45. The van der Waals surface area contributed by atoms with Gasteiger partial charge in [0, 0.05) is 4.47 Å². The molecular weight excluding hydrogens is 422 g/mol. The molecule has 1 saturated carbocycles. The van der Waals surface area contributed by atoms with Crippen LogP contribution in [0.4, 0.5) is 5.69 Å². The Morgan fingerprint density at radius 3 is 2.46 bits per heavy atom. The predicted octanol–water partition coefficient (Wildman–Crippen LogP) is 3.77. The molecule has 1 aromatic carbocycles. The van der Waals surface area contributed by atoms with Gasteiger partial charge in [-0.2, -0.15) is 5.10 Å². The molecule has 0 spiro atoms. The molecule has 2 aromatic rings. The molecule has 6 nitrogen and oxygen atoms in total. The molecule has 1 fully saturated rings. The van der Waals surface area contributed by atoms with Crippen molar-refractivity contribution in [3.63, 3.8) is 0 Å². The summed E-state index contributed by atoms with van der Waals surface area (Å²) in [6, 6.07) is 8.02. The minimum atomic E-state index is -0.892. The first kappa shape index (κ1) is 18.9. The van der Waals surface area contributed by atoms with E-state index >= 15 is 0 Å². The van der Waals surface area contributed by atoms with Crippen molar-refractivity contribution in [3.8, 4) is 0 Å². The second-order valence-electron chi connectivity index (χ2n) is 7.66. The highest BCUT2D eigenvalue weighted by atomic mass is 79.9. The van der Waals surface area contributed by atoms with E-state index in [9.17, 15) is 14.7 Å². The van der Waals surface area contributed by atoms with Crippen molar-refractivity contribution >= 4 is 33.5 Å². The zero-order valence-electron chi connectivity index (χ0n) is 15.7. The molecule has 28 heavy (non-hydrogen) atoms. The van der Waals surface area contributed by atoms with Crippen LogP contribution in [-0.2, 0) is 16.1 Å². The molecule has 4 rings (SSSR count). The molecule has 4 atom stereocenters. The lowest BCUT2D eigenvalue weighted by molar-refractivity contribution is -0.146. The van der Waals surface area contributed by atoms with E-state index in [-0.39, 0.29) is 17.7 Å². The van der Waals surface area contributed by atoms with E-state index in [1.54, 1.807) is 0 Å². The molecule has 7 heteroatoms. The number of aromatic nitrogens is 2. The van der Waals surface area contributed by atoms with Crippen molar-refractivity contribution in [3.05, 3.63) is 57.8 Å². The summed E-state index contributed by atoms with van der Waals surface area (Å²) in [5, 5.41) is 17.1. The number of halogens is 1. The van der Waals surface area contributed by atoms with Crippen LogP contribution in [0.25, 0.3) is 0 Å². The molecule has 2 bridgehead atoms. The van der Waals surface area contributed by atoms with Crippen molar-refractivity contribution in [1.29, 1.82) is 0 Å². The molecule has 0 saturated heterocycles. The quantitative estimate of drug-likeness (QED) is 0.688. The number of anilines is 1. The number of carbonyl (C=O) groups is 2. The summed E-state index contributed by atoms with van der Waals surface area (Å²) >= 11 is 3.43. The predicted molar refractivity (Wildman–Crippen MR) is 109 cm³/mol. The number of carboxylic acid groups (broad SMARTS) is 1. The molecule has 1 aromatic heterocycles. The van der Waals surface area contributed by atoms with Crippen LogP contribution in [0.3, 0.4) is 0 Å². The summed E-state index contributed by atoms with van der Waals surface area (Å²) in [5.74, 6) is -2.32. The molecule has 1 amide bonds. The Kier molecular flexibility index (Phi) is 4.87. The topological polar surface area (TPSA) is 84.2 Å². The van der Waals surface area contributed by atoms with Gasteiger partial charge in [0.15, 0.2) is 0 Å². The Hall–Kier alpha value is -2.41. The molecule has 2 aliphatic rings. The number of aryl methyl sites for hydroxylation is 1. The first-order chi connectivity index (χ1) is 13.3. The maximum Gasteiger partial charge on any atom is 0.307 e. The van der Waals surface area contributed by atoms with E-state index in [1.165, 1.54) is 0 Å². The monoisotopic (exact) mass is 443 g/mol. The van der Waals surface area contributed by atoms with Crippen molar-refractivity contribution in [1.82, 2.24) is 9.78 Å². The Bertz CT molecular complexity index is 964. The summed E-state index contributed by atoms with van der Waals surface area (Å²) < 4.78 is 2.88. The lowest BCUT2D eigenvalue weighted by atomic mass is 9.82. The summed E-state index contributed by atoms with van der Waals surface area (Å²) in [7, 11) is 0. The van der Waals surface area contributed by atoms with Crippen molar-refractivity contribution < 1.29 is 14.7 Å². The number of nitrogens with zero attached hydrogens (tertiary/aromatic N) is 2. The van der Waals surface area contributed by atoms with Crippen LogP contribution < -0.4 is 5.32 Å². The van der Waals surface area contributed by atoms with Crippen LogP contribution in [0.5, 0.6) is 0 Å². The Labute approximate surface area is 171 Å². The van der Waals surface area contributed by atoms with Gasteiger partial charge in [-0.15, -0.1) is 0 Å². The fourth-order valence-electron chi connectivity index (χ4n) is 4.52. The number of carbonyl (C=O) groups excluding carboxylic acids is 1. The van der Waals surface area contributed by atoms with Gasteiger partial charge in [0.25, 0.3) is 0 Å². The third kappa shape index (κ3) is 3.28. The van der Waals surface area contributed by atoms with Gasteiger partial charge in [0.2, 0.25) is 5.91 Å². The van der Waals surface area contributed by atoms with E-state index in [0.717, 1.165) is 27.8 Å². The van der Waals surface area contributed by atoms with E-state index in [1.807, 2.05) is 54.9 Å². The zero-order valence-corrected chi connectivity index (χ0v) is 17.3. The number of benzene rings is 1. The average Bonchev–Trinajstić information content (AvgIpc) is 3.33. The van der Waals surface area contributed by atoms with Crippen molar-refractivity contribution in [2.75, 3.05) is 5.32 Å². The Morgan fingerprint density at radius 1 is 1.18 bits per heavy atom. The van der Waals surface area contributed by atoms with E-state index < -0.39 is 17.8 Å². The lowest BCUT2D eigenvalue weighted by Crippen LogP contribution is -2.36. The number of carboxylic acids is 1. The SMILES string of the molecule is Cc1nn(Cc2ccc(Br)cc2)c(C)c1NC(=O)C1C2C=CC(C2)C1C(=O)O. The Balaban J connectivity index is 1.54. The van der Waals surface area contributed by atoms with Gasteiger partial charge in [0.1, 0.15) is 0 Å². The minimum Gasteiger partial charge on any atom is -0.481 e. The minimum absolute atomic E-state index is 0.00419. The molecule has 146 valence electrons. The van der Waals surface area contributed by atoms with Crippen LogP contribution in [-0.4, -0.2) is 26.8 Å². The second-order valence-corrected chi connectivity index (χ2v) is 8.57. The summed E-state index contributed by atoms with van der Waals surface area (Å²) in [5.41, 5.74) is 3.38. The number of amides is 1. The van der Waals surface area contributed by atoms with Crippen LogP contribution in [0.2, 0.25) is 0 Å². The standard InChI is InChI=1S/C21H22BrN3O3/c1-11-19(12(2)25(24-11)10-13-3-7-16(22)8-4-13)23-20(26)17-14-5-6-15(9-14)18(17)21(27)28/h3-8,14-15,17-18H,9-10H2,1-2H3,(H,23,26)(H,27,28). The van der Waals surface area contributed by atoms with Crippen LogP contribution in [0, 0.1) is 37.5 Å². The van der Waals surface area contributed by atoms with Gasteiger partial charge in [-0.3, -0.25) is 14.3 Å². The third-order valence-electron chi connectivity index (χ3n) is 5.92. The summed E-state index contributed by atoms with van der Waals surface area (Å²) in [4.78, 5) is 24.7. The fourth-order valence-corrected chi connectivity index (χ4v) is 4.78. The van der Waals surface area contributed by atoms with Crippen LogP contribution >= 0.6 is 15.9 Å². The van der Waals surface area contributed by atoms with Gasteiger partial charge >= 0.3 is 5.97 Å². The number of nitrogens with one attached hydrogen (secondary N) is 1. The maximum atomic E-state index is 13.0. The number of fused-ring (bicyclic) bond motifs is 2. The van der Waals surface area contributed by atoms with Gasteiger partial charge in [-0.1, -0.05) is 40.2 Å². The molecule has 0 radical (unpaired) electrons. The van der Waals surface area contributed by atoms with Crippen LogP contribution in [0.15, 0.2) is 40.9 Å². The first-order valence-corrected chi connectivity index (χ1v) is 10.1. The molecule has 0 aliphatic heterocycles. The molecule has 2 N–H and O–H groups in total. The zero-order chi connectivity index (χ0) is 20.0. The molecule has 2 aliphatic carbocycles. The number of allylic oxidation sites excluding steroid dienone is 2. The van der Waals surface area contributed by atoms with Crippen molar-refractivity contribution in [2.24, 2.45) is 23.7 Å². The lowest BCUT2D eigenvalue weighted by Gasteiger charge is -2.23. The Morgan fingerprint density at radius 2 is 1.82 bits per heavy atom. The molecule has 1 heterocycles. The van der Waals surface area contributed by atoms with E-state index in [2.05, 4.69) is 26.3 Å². The maximum absolute atomic E-state index is 13.0. The highest BCUT2D eigenvalue weighted by molar-refractivity contribution is 9.10. The van der Waals surface area contributed by atoms with Gasteiger partial charge < -0.3 is 10.4 Å². The summed E-state index contributed by atoms with van der Waals surface area (Å²) in [6.45, 7) is 4.38. The smallest absolute Gasteiger partial charge is 0.307 e. The number of hydrogen-bond donors (Lipinski definition) is 2. The highest BCUT2D eigenvalue weighted by Gasteiger charge is 2.51. The van der Waals surface area contributed by atoms with Gasteiger partial charge in [0.05, 0.1) is 35.5 Å². The van der Waals surface area contributed by atoms with Crippen molar-refractivity contribution in [2.45, 2.75) is 26.8 Å².